The van der Waals surface area contributed by atoms with E-state index < -0.39 is 12.1 Å². The van der Waals surface area contributed by atoms with Gasteiger partial charge in [-0.25, -0.2) is 9.78 Å². The van der Waals surface area contributed by atoms with Crippen LogP contribution in [0.3, 0.4) is 0 Å². The predicted octanol–water partition coefficient (Wildman–Crippen LogP) is 2.87. The summed E-state index contributed by atoms with van der Waals surface area (Å²) in [7, 11) is 0. The Morgan fingerprint density at radius 1 is 1.21 bits per heavy atom. The second kappa shape index (κ2) is 8.27. The Labute approximate surface area is 163 Å². The number of benzene rings is 1. The zero-order valence-electron chi connectivity index (χ0n) is 14.7. The first kappa shape index (κ1) is 20.3. The highest BCUT2D eigenvalue weighted by atomic mass is 32.1. The van der Waals surface area contributed by atoms with Crippen LogP contribution in [-0.4, -0.2) is 52.7 Å². The molecule has 2 aliphatic heterocycles. The number of carboxylic acids is 1. The van der Waals surface area contributed by atoms with Crippen LogP contribution in [-0.2, 0) is 16.1 Å². The largest absolute Gasteiger partial charge is 0.490 e. The van der Waals surface area contributed by atoms with Crippen molar-refractivity contribution in [2.75, 3.05) is 24.5 Å². The standard InChI is InChI=1S/C16H17N3OS.C2HF3O2/c20-16-14-10-18(11-15-17-6-7-21-15)8-12(14)9-19(16)13-4-2-1-3-5-13;3-2(4,5)1(6)7/h1-7,12,14H,8-11H2;(H,6,7). The SMILES string of the molecule is O=C(O)C(F)(F)F.O=C1C2CN(Cc3nccs3)CC2CN1c1ccccc1. The molecule has 28 heavy (non-hydrogen) atoms. The first-order valence-corrected chi connectivity index (χ1v) is 9.41. The van der Waals surface area contributed by atoms with Crippen LogP contribution in [0.15, 0.2) is 41.9 Å². The highest BCUT2D eigenvalue weighted by Crippen LogP contribution is 2.35. The van der Waals surface area contributed by atoms with Gasteiger partial charge in [-0.05, 0) is 12.1 Å². The first-order valence-electron chi connectivity index (χ1n) is 8.53. The van der Waals surface area contributed by atoms with Gasteiger partial charge < -0.3 is 10.0 Å². The molecule has 2 atom stereocenters. The molecule has 10 heteroatoms. The van der Waals surface area contributed by atoms with Gasteiger partial charge in [0, 0.05) is 42.8 Å². The molecule has 1 aromatic carbocycles. The number of likely N-dealkylation sites (tertiary alicyclic amines) is 1. The molecule has 4 rings (SSSR count). The number of carboxylic acid groups (broad SMARTS) is 1. The summed E-state index contributed by atoms with van der Waals surface area (Å²) >= 11 is 1.69. The van der Waals surface area contributed by atoms with Gasteiger partial charge >= 0.3 is 12.1 Å². The molecule has 1 N–H and O–H groups in total. The number of carbonyl (C=O) groups is 2. The molecule has 150 valence electrons. The summed E-state index contributed by atoms with van der Waals surface area (Å²) in [4.78, 5) is 30.2. The Hall–Kier alpha value is -2.46. The molecule has 0 bridgehead atoms. The molecule has 1 amide bonds. The Bertz CT molecular complexity index is 814. The minimum atomic E-state index is -5.08. The third-order valence-electron chi connectivity index (χ3n) is 4.67. The molecule has 0 saturated carbocycles. The van der Waals surface area contributed by atoms with Gasteiger partial charge in [-0.1, -0.05) is 18.2 Å². The number of amides is 1. The number of anilines is 1. The van der Waals surface area contributed by atoms with Crippen LogP contribution < -0.4 is 4.90 Å². The van der Waals surface area contributed by atoms with E-state index in [2.05, 4.69) is 9.88 Å². The number of fused-ring (bicyclic) bond motifs is 1. The fourth-order valence-corrected chi connectivity index (χ4v) is 4.10. The average molecular weight is 413 g/mol. The van der Waals surface area contributed by atoms with Gasteiger partial charge in [0.2, 0.25) is 5.91 Å². The number of carbonyl (C=O) groups excluding carboxylic acids is 1. The fourth-order valence-electron chi connectivity index (χ4n) is 3.44. The minimum absolute atomic E-state index is 0.158. The van der Waals surface area contributed by atoms with Crippen LogP contribution in [0, 0.1) is 11.8 Å². The summed E-state index contributed by atoms with van der Waals surface area (Å²) in [5.41, 5.74) is 1.03. The lowest BCUT2D eigenvalue weighted by Crippen LogP contribution is -2.32. The quantitative estimate of drug-likeness (QED) is 0.838. The summed E-state index contributed by atoms with van der Waals surface area (Å²) in [6.45, 7) is 3.59. The third kappa shape index (κ3) is 4.68. The van der Waals surface area contributed by atoms with Gasteiger partial charge in [0.1, 0.15) is 5.01 Å². The van der Waals surface area contributed by atoms with E-state index >= 15 is 0 Å². The molecule has 6 nitrogen and oxygen atoms in total. The van der Waals surface area contributed by atoms with Crippen molar-refractivity contribution in [3.05, 3.63) is 46.9 Å². The molecular weight excluding hydrogens is 395 g/mol. The molecule has 2 aromatic rings. The van der Waals surface area contributed by atoms with Crippen molar-refractivity contribution in [1.29, 1.82) is 0 Å². The van der Waals surface area contributed by atoms with Crippen LogP contribution in [0.2, 0.25) is 0 Å². The number of para-hydroxylation sites is 1. The number of aliphatic carboxylic acids is 1. The van der Waals surface area contributed by atoms with Crippen molar-refractivity contribution in [3.63, 3.8) is 0 Å². The van der Waals surface area contributed by atoms with Gasteiger partial charge in [-0.2, -0.15) is 13.2 Å². The number of hydrogen-bond acceptors (Lipinski definition) is 5. The normalized spacial score (nSPS) is 22.0. The lowest BCUT2D eigenvalue weighted by molar-refractivity contribution is -0.192. The monoisotopic (exact) mass is 413 g/mol. The number of alkyl halides is 3. The summed E-state index contributed by atoms with van der Waals surface area (Å²) < 4.78 is 31.7. The minimum Gasteiger partial charge on any atom is -0.475 e. The second-order valence-corrected chi connectivity index (χ2v) is 7.55. The summed E-state index contributed by atoms with van der Waals surface area (Å²) in [6, 6.07) is 10.0. The van der Waals surface area contributed by atoms with Crippen molar-refractivity contribution in [2.24, 2.45) is 11.8 Å². The third-order valence-corrected chi connectivity index (χ3v) is 5.43. The van der Waals surface area contributed by atoms with Crippen LogP contribution in [0.4, 0.5) is 18.9 Å². The van der Waals surface area contributed by atoms with Crippen molar-refractivity contribution in [1.82, 2.24) is 9.88 Å². The lowest BCUT2D eigenvalue weighted by atomic mass is 10.0. The van der Waals surface area contributed by atoms with Gasteiger partial charge in [-0.3, -0.25) is 9.69 Å². The van der Waals surface area contributed by atoms with E-state index in [1.54, 1.807) is 11.3 Å². The van der Waals surface area contributed by atoms with E-state index in [4.69, 9.17) is 9.90 Å². The molecule has 0 aliphatic carbocycles. The molecule has 2 saturated heterocycles. The van der Waals surface area contributed by atoms with Gasteiger partial charge in [0.15, 0.2) is 0 Å². The molecular formula is C18H18F3N3O3S. The molecule has 0 radical (unpaired) electrons. The molecule has 2 unspecified atom stereocenters. The maximum atomic E-state index is 12.6. The molecule has 2 fully saturated rings. The molecule has 3 heterocycles. The van der Waals surface area contributed by atoms with E-state index in [0.29, 0.717) is 5.92 Å². The molecule has 0 spiro atoms. The number of halogens is 3. The van der Waals surface area contributed by atoms with E-state index in [1.807, 2.05) is 46.8 Å². The van der Waals surface area contributed by atoms with Crippen LogP contribution >= 0.6 is 11.3 Å². The van der Waals surface area contributed by atoms with E-state index in [9.17, 15) is 18.0 Å². The Morgan fingerprint density at radius 3 is 2.43 bits per heavy atom. The van der Waals surface area contributed by atoms with E-state index in [-0.39, 0.29) is 11.8 Å². The Balaban J connectivity index is 0.000000279. The van der Waals surface area contributed by atoms with E-state index in [1.165, 1.54) is 0 Å². The maximum absolute atomic E-state index is 12.6. The smallest absolute Gasteiger partial charge is 0.475 e. The zero-order valence-corrected chi connectivity index (χ0v) is 15.5. The lowest BCUT2D eigenvalue weighted by Gasteiger charge is -2.21. The second-order valence-electron chi connectivity index (χ2n) is 6.57. The van der Waals surface area contributed by atoms with Gasteiger partial charge in [0.05, 0.1) is 12.5 Å². The molecule has 1 aromatic heterocycles. The van der Waals surface area contributed by atoms with Crippen LogP contribution in [0.5, 0.6) is 0 Å². The summed E-state index contributed by atoms with van der Waals surface area (Å²) in [6.07, 6.45) is -3.24. The summed E-state index contributed by atoms with van der Waals surface area (Å²) in [5, 5.41) is 10.3. The number of thiazole rings is 1. The van der Waals surface area contributed by atoms with Crippen LogP contribution in [0.25, 0.3) is 0 Å². The molecule has 2 aliphatic rings. The zero-order chi connectivity index (χ0) is 20.3. The van der Waals surface area contributed by atoms with Crippen molar-refractivity contribution < 1.29 is 27.9 Å². The number of rotatable bonds is 3. The first-order chi connectivity index (χ1) is 13.3. The van der Waals surface area contributed by atoms with E-state index in [0.717, 1.165) is 36.9 Å². The number of nitrogens with zero attached hydrogens (tertiary/aromatic N) is 3. The van der Waals surface area contributed by atoms with Crippen molar-refractivity contribution in [3.8, 4) is 0 Å². The fraction of sp³-hybridized carbons (Fsp3) is 0.389. The van der Waals surface area contributed by atoms with Gasteiger partial charge in [0.25, 0.3) is 0 Å². The topological polar surface area (TPSA) is 73.7 Å². The highest BCUT2D eigenvalue weighted by Gasteiger charge is 2.46. The highest BCUT2D eigenvalue weighted by molar-refractivity contribution is 7.09. The summed E-state index contributed by atoms with van der Waals surface area (Å²) in [5.74, 6) is -1.86. The van der Waals surface area contributed by atoms with Crippen molar-refractivity contribution >= 4 is 28.9 Å². The van der Waals surface area contributed by atoms with Gasteiger partial charge in [-0.15, -0.1) is 11.3 Å². The number of aromatic nitrogens is 1. The predicted molar refractivity (Wildman–Crippen MR) is 96.9 cm³/mol. The van der Waals surface area contributed by atoms with Crippen molar-refractivity contribution in [2.45, 2.75) is 12.7 Å². The van der Waals surface area contributed by atoms with Crippen LogP contribution in [0.1, 0.15) is 5.01 Å². The number of hydrogen-bond donors (Lipinski definition) is 1. The average Bonchev–Trinajstić information content (AvgIpc) is 3.35. The Morgan fingerprint density at radius 2 is 1.89 bits per heavy atom. The maximum Gasteiger partial charge on any atom is 0.490 e. The Kier molecular flexibility index (Phi) is 5.99.